The molecule has 0 aliphatic heterocycles. The Kier molecular flexibility index (Phi) is 22.3. The first kappa shape index (κ1) is 63.2. The molecule has 0 saturated heterocycles. The van der Waals surface area contributed by atoms with Crippen LogP contribution in [0.1, 0.15) is 102 Å². The lowest BCUT2D eigenvalue weighted by Gasteiger charge is -2.36. The fourth-order valence-electron chi connectivity index (χ4n) is 10.2. The highest BCUT2D eigenvalue weighted by atomic mass is 35.5. The quantitative estimate of drug-likeness (QED) is 0.0392. The largest absolute Gasteiger partial charge is 0.497 e. The third kappa shape index (κ3) is 15.0. The molecule has 2 amide bonds. The maximum atomic E-state index is 13.6. The molecule has 0 aliphatic rings. The van der Waals surface area contributed by atoms with Crippen LogP contribution in [0.15, 0.2) is 200 Å². The Balaban J connectivity index is 0.000000244. The first-order valence-electron chi connectivity index (χ1n) is 27.9. The van der Waals surface area contributed by atoms with Gasteiger partial charge in [-0.2, -0.15) is 0 Å². The average Bonchev–Trinajstić information content (AvgIpc) is 1.06. The molecule has 4 N–H and O–H groups in total. The van der Waals surface area contributed by atoms with E-state index in [-0.39, 0.29) is 37.3 Å². The molecule has 0 aliphatic carbocycles. The van der Waals surface area contributed by atoms with E-state index in [0.717, 1.165) is 44.5 Å². The van der Waals surface area contributed by atoms with Crippen molar-refractivity contribution in [2.24, 2.45) is 17.6 Å². The lowest BCUT2D eigenvalue weighted by Crippen LogP contribution is -2.49. The van der Waals surface area contributed by atoms with Gasteiger partial charge in [0.25, 0.3) is 0 Å². The zero-order valence-electron chi connectivity index (χ0n) is 48.7. The average molecular weight is 1170 g/mol. The Labute approximate surface area is 503 Å². The van der Waals surface area contributed by atoms with Gasteiger partial charge >= 0.3 is 11.9 Å². The maximum absolute atomic E-state index is 13.6. The highest BCUT2D eigenvalue weighted by molar-refractivity contribution is 6.32. The van der Waals surface area contributed by atoms with Crippen molar-refractivity contribution in [3.8, 4) is 17.2 Å². The molecule has 0 bridgehead atoms. The van der Waals surface area contributed by atoms with Gasteiger partial charge in [0.2, 0.25) is 11.8 Å². The molecule has 84 heavy (non-hydrogen) atoms. The molecule has 0 aromatic heterocycles. The SMILES string of the molecule is CCC(CCC(=O)OC(c1ccccc1)(c1ccc(C)cc1)c1ccccc1Cl)C(=O)NC(C(N)=O)C(C)C.CNC(c1ccc(OCC(=O)OC(c2ccccc2)(c2ccc(C)cc2)c2ccccc2Cl)cc1)c1ccc(OC)cc1OC. The number of hydrogen-bond acceptors (Lipinski definition) is 10. The summed E-state index contributed by atoms with van der Waals surface area (Å²) in [6, 6.07) is 62.1. The number of carbonyl (C=O) groups is 4. The Hall–Kier alpha value is -8.42. The smallest absolute Gasteiger partial charge is 0.345 e. The molecular weight excluding hydrogens is 1100 g/mol. The van der Waals surface area contributed by atoms with Gasteiger partial charge < -0.3 is 40.1 Å². The number of primary amides is 1. The fraction of sp³-hybridized carbons (Fsp3) is 0.257. The van der Waals surface area contributed by atoms with E-state index in [1.807, 2.05) is 230 Å². The van der Waals surface area contributed by atoms with Crippen LogP contribution in [0.3, 0.4) is 0 Å². The number of methoxy groups -OCH3 is 2. The zero-order chi connectivity index (χ0) is 60.4. The van der Waals surface area contributed by atoms with Gasteiger partial charge in [-0.1, -0.05) is 213 Å². The van der Waals surface area contributed by atoms with E-state index < -0.39 is 41.0 Å². The second kappa shape index (κ2) is 29.7. The maximum Gasteiger partial charge on any atom is 0.345 e. The van der Waals surface area contributed by atoms with Gasteiger partial charge in [-0.3, -0.25) is 14.4 Å². The van der Waals surface area contributed by atoms with Crippen molar-refractivity contribution in [2.45, 2.75) is 77.2 Å². The highest BCUT2D eigenvalue weighted by Gasteiger charge is 2.44. The van der Waals surface area contributed by atoms with Crippen molar-refractivity contribution in [2.75, 3.05) is 27.9 Å². The number of carbonyl (C=O) groups excluding carboxylic acids is 4. The summed E-state index contributed by atoms with van der Waals surface area (Å²) >= 11 is 13.5. The van der Waals surface area contributed by atoms with Gasteiger partial charge in [0.05, 0.1) is 20.3 Å². The number of amides is 2. The third-order valence-electron chi connectivity index (χ3n) is 14.8. The number of benzene rings is 8. The van der Waals surface area contributed by atoms with Crippen LogP contribution in [0.2, 0.25) is 10.0 Å². The number of nitrogens with two attached hydrogens (primary N) is 1. The van der Waals surface area contributed by atoms with E-state index in [4.69, 9.17) is 52.6 Å². The van der Waals surface area contributed by atoms with Crippen LogP contribution in [-0.4, -0.2) is 57.7 Å². The molecule has 12 nitrogen and oxygen atoms in total. The number of esters is 2. The number of halogens is 2. The summed E-state index contributed by atoms with van der Waals surface area (Å²) in [5.41, 5.74) is 11.3. The summed E-state index contributed by atoms with van der Waals surface area (Å²) in [5.74, 6) is -0.569. The molecule has 8 rings (SSSR count). The van der Waals surface area contributed by atoms with E-state index >= 15 is 0 Å². The van der Waals surface area contributed by atoms with Crippen molar-refractivity contribution in [1.29, 1.82) is 0 Å². The molecular formula is C70H73Cl2N3O9. The lowest BCUT2D eigenvalue weighted by molar-refractivity contribution is -0.156. The van der Waals surface area contributed by atoms with E-state index in [9.17, 15) is 19.2 Å². The third-order valence-corrected chi connectivity index (χ3v) is 15.4. The van der Waals surface area contributed by atoms with E-state index in [2.05, 4.69) is 10.6 Å². The summed E-state index contributed by atoms with van der Waals surface area (Å²) in [5, 5.41) is 7.05. The van der Waals surface area contributed by atoms with Crippen LogP contribution in [-0.2, 0) is 39.9 Å². The monoisotopic (exact) mass is 1170 g/mol. The first-order valence-corrected chi connectivity index (χ1v) is 28.7. The van der Waals surface area contributed by atoms with Crippen LogP contribution in [0.4, 0.5) is 0 Å². The van der Waals surface area contributed by atoms with Gasteiger partial charge in [-0.15, -0.1) is 0 Å². The van der Waals surface area contributed by atoms with Crippen molar-refractivity contribution in [1.82, 2.24) is 10.6 Å². The Bertz CT molecular complexity index is 3460. The number of rotatable bonds is 24. The van der Waals surface area contributed by atoms with Crippen molar-refractivity contribution in [3.05, 3.63) is 266 Å². The van der Waals surface area contributed by atoms with Crippen molar-refractivity contribution < 1.29 is 42.9 Å². The van der Waals surface area contributed by atoms with E-state index in [1.165, 1.54) is 0 Å². The molecule has 8 aromatic rings. The summed E-state index contributed by atoms with van der Waals surface area (Å²) in [7, 11) is 5.15. The first-order chi connectivity index (χ1) is 40.5. The molecule has 5 atom stereocenters. The Morgan fingerprint density at radius 2 is 1.04 bits per heavy atom. The Morgan fingerprint density at radius 3 is 1.48 bits per heavy atom. The highest BCUT2D eigenvalue weighted by Crippen LogP contribution is 2.46. The van der Waals surface area contributed by atoms with Gasteiger partial charge in [-0.25, -0.2) is 4.79 Å². The van der Waals surface area contributed by atoms with Crippen molar-refractivity contribution >= 4 is 47.0 Å². The normalized spacial score (nSPS) is 13.5. The van der Waals surface area contributed by atoms with E-state index in [0.29, 0.717) is 44.8 Å². The molecule has 5 unspecified atom stereocenters. The topological polar surface area (TPSA) is 165 Å². The lowest BCUT2D eigenvalue weighted by atomic mass is 9.79. The van der Waals surface area contributed by atoms with Gasteiger partial charge in [-0.05, 0) is 81.6 Å². The molecule has 14 heteroatoms. The predicted molar refractivity (Wildman–Crippen MR) is 331 cm³/mol. The summed E-state index contributed by atoms with van der Waals surface area (Å²) in [6.07, 6.45) is 0.751. The van der Waals surface area contributed by atoms with Crippen LogP contribution in [0, 0.1) is 25.7 Å². The number of hydrogen-bond donors (Lipinski definition) is 3. The second-order valence-electron chi connectivity index (χ2n) is 20.7. The standard InChI is InChI=1S/C38H36ClNO5.C32H37ClN2O4/c1-26-14-18-29(19-15-26)38(28-10-6-5-7-11-28,33-12-8-9-13-34(33)39)45-36(41)25-44-30-20-16-27(17-21-30)37(40-2)32-23-22-31(42-3)24-35(32)43-4;1-5-23(31(38)35-29(21(2)3)30(34)37)17-20-28(36)39-32(24-11-7-6-8-12-24,25-18-15-22(4)16-19-25)26-13-9-10-14-27(26)33/h5-24,37,40H,25H2,1-4H3;6-16,18-19,21,23,29H,5,17,20H2,1-4H3,(H2,34,37)(H,35,38). The molecule has 0 heterocycles. The van der Waals surface area contributed by atoms with Crippen LogP contribution >= 0.6 is 23.2 Å². The molecule has 8 aromatic carbocycles. The van der Waals surface area contributed by atoms with Gasteiger partial charge in [0, 0.05) is 67.4 Å². The van der Waals surface area contributed by atoms with Crippen LogP contribution in [0.5, 0.6) is 17.2 Å². The number of ether oxygens (including phenoxy) is 5. The minimum atomic E-state index is -1.30. The van der Waals surface area contributed by atoms with Crippen LogP contribution in [0.25, 0.3) is 0 Å². The van der Waals surface area contributed by atoms with Gasteiger partial charge in [0.15, 0.2) is 17.8 Å². The second-order valence-corrected chi connectivity index (χ2v) is 21.5. The van der Waals surface area contributed by atoms with Crippen molar-refractivity contribution in [3.63, 3.8) is 0 Å². The molecule has 0 saturated carbocycles. The summed E-state index contributed by atoms with van der Waals surface area (Å²) < 4.78 is 29.8. The van der Waals surface area contributed by atoms with Gasteiger partial charge in [0.1, 0.15) is 23.3 Å². The Morgan fingerprint density at radius 1 is 0.571 bits per heavy atom. The number of nitrogens with one attached hydrogen (secondary N) is 2. The minimum absolute atomic E-state index is 0.000257. The number of aryl methyl sites for hydroxylation is 2. The predicted octanol–water partition coefficient (Wildman–Crippen LogP) is 13.8. The van der Waals surface area contributed by atoms with Crippen LogP contribution < -0.4 is 30.6 Å². The zero-order valence-corrected chi connectivity index (χ0v) is 50.2. The fourth-order valence-corrected chi connectivity index (χ4v) is 10.8. The van der Waals surface area contributed by atoms with E-state index in [1.54, 1.807) is 26.4 Å². The summed E-state index contributed by atoms with van der Waals surface area (Å²) in [4.78, 5) is 51.9. The minimum Gasteiger partial charge on any atom is -0.497 e. The molecule has 0 spiro atoms. The molecule has 0 fully saturated rings. The summed E-state index contributed by atoms with van der Waals surface area (Å²) in [6.45, 7) is 9.21. The molecule has 0 radical (unpaired) electrons. The molecule has 436 valence electrons.